The number of alkyl halides is 1. The molecule has 0 aromatic heterocycles. The summed E-state index contributed by atoms with van der Waals surface area (Å²) in [4.78, 5) is 2.00. The smallest absolute Gasteiger partial charge is 0.125 e. The summed E-state index contributed by atoms with van der Waals surface area (Å²) in [5, 5.41) is 3.01. The van der Waals surface area contributed by atoms with Crippen LogP contribution in [0.15, 0.2) is 0 Å². The Balaban J connectivity index is 2.29. The Morgan fingerprint density at radius 3 is 3.22 bits per heavy atom. The lowest BCUT2D eigenvalue weighted by Crippen LogP contribution is -2.26. The number of halogens is 1. The van der Waals surface area contributed by atoms with E-state index in [1.165, 1.54) is 0 Å². The van der Waals surface area contributed by atoms with Crippen LogP contribution in [0.1, 0.15) is 0 Å². The van der Waals surface area contributed by atoms with Crippen LogP contribution in [0.3, 0.4) is 0 Å². The second kappa shape index (κ2) is 3.13. The molecular formula is C6H13FN2. The fourth-order valence-electron chi connectivity index (χ4n) is 1.02. The third-order valence-corrected chi connectivity index (χ3v) is 1.55. The first-order valence-corrected chi connectivity index (χ1v) is 3.32. The molecule has 0 spiro atoms. The molecule has 3 heteroatoms. The van der Waals surface area contributed by atoms with E-state index in [-0.39, 0.29) is 0 Å². The Labute approximate surface area is 55.0 Å². The van der Waals surface area contributed by atoms with E-state index in [1.54, 1.807) is 0 Å². The van der Waals surface area contributed by atoms with Gasteiger partial charge in [-0.2, -0.15) is 0 Å². The van der Waals surface area contributed by atoms with E-state index >= 15 is 0 Å². The van der Waals surface area contributed by atoms with Crippen molar-refractivity contribution in [2.75, 3.05) is 33.2 Å². The zero-order chi connectivity index (χ0) is 6.69. The largest absolute Gasteiger partial charge is 0.313 e. The van der Waals surface area contributed by atoms with Crippen LogP contribution in [0.5, 0.6) is 0 Å². The zero-order valence-corrected chi connectivity index (χ0v) is 5.73. The maximum Gasteiger partial charge on any atom is 0.125 e. The normalized spacial score (nSPS) is 32.0. The van der Waals surface area contributed by atoms with Crippen molar-refractivity contribution in [2.24, 2.45) is 0 Å². The van der Waals surface area contributed by atoms with Crippen molar-refractivity contribution >= 4 is 0 Å². The van der Waals surface area contributed by atoms with Crippen molar-refractivity contribution in [3.8, 4) is 0 Å². The van der Waals surface area contributed by atoms with Crippen molar-refractivity contribution in [1.82, 2.24) is 10.2 Å². The van der Waals surface area contributed by atoms with E-state index in [1.807, 2.05) is 11.9 Å². The highest BCUT2D eigenvalue weighted by Crippen LogP contribution is 1.95. The van der Waals surface area contributed by atoms with E-state index < -0.39 is 6.17 Å². The molecule has 2 nitrogen and oxygen atoms in total. The summed E-state index contributed by atoms with van der Waals surface area (Å²) in [5.74, 6) is 0. The molecule has 1 aliphatic rings. The number of likely N-dealkylation sites (N-methyl/N-ethyl adjacent to an activating group) is 1. The van der Waals surface area contributed by atoms with Gasteiger partial charge < -0.3 is 10.2 Å². The van der Waals surface area contributed by atoms with Crippen molar-refractivity contribution in [3.05, 3.63) is 0 Å². The molecule has 0 amide bonds. The van der Waals surface area contributed by atoms with Gasteiger partial charge in [-0.1, -0.05) is 0 Å². The van der Waals surface area contributed by atoms with Crippen LogP contribution in [-0.4, -0.2) is 44.3 Å². The van der Waals surface area contributed by atoms with Crippen LogP contribution in [-0.2, 0) is 0 Å². The monoisotopic (exact) mass is 132 g/mol. The standard InChI is InChI=1S/C6H13FN2/c1-9-3-2-8-4-6(7)5-9/h6,8H,2-5H2,1H3. The van der Waals surface area contributed by atoms with Crippen LogP contribution in [0, 0.1) is 0 Å². The van der Waals surface area contributed by atoms with Gasteiger partial charge in [-0.15, -0.1) is 0 Å². The Hall–Kier alpha value is -0.150. The molecule has 1 saturated heterocycles. The highest BCUT2D eigenvalue weighted by molar-refractivity contribution is 4.69. The van der Waals surface area contributed by atoms with Crippen LogP contribution in [0.2, 0.25) is 0 Å². The van der Waals surface area contributed by atoms with Crippen LogP contribution in [0.25, 0.3) is 0 Å². The highest BCUT2D eigenvalue weighted by atomic mass is 19.1. The van der Waals surface area contributed by atoms with Gasteiger partial charge in [0, 0.05) is 26.2 Å². The molecule has 54 valence electrons. The first-order chi connectivity index (χ1) is 4.29. The summed E-state index contributed by atoms with van der Waals surface area (Å²) in [6.07, 6.45) is -0.683. The van der Waals surface area contributed by atoms with E-state index in [4.69, 9.17) is 0 Å². The van der Waals surface area contributed by atoms with Gasteiger partial charge in [0.15, 0.2) is 0 Å². The summed E-state index contributed by atoms with van der Waals surface area (Å²) >= 11 is 0. The first kappa shape index (κ1) is 6.96. The number of nitrogens with one attached hydrogen (secondary N) is 1. The summed E-state index contributed by atoms with van der Waals surface area (Å²) in [6, 6.07) is 0. The van der Waals surface area contributed by atoms with Gasteiger partial charge in [0.2, 0.25) is 0 Å². The molecule has 1 heterocycles. The van der Waals surface area contributed by atoms with Crippen molar-refractivity contribution in [3.63, 3.8) is 0 Å². The molecule has 1 unspecified atom stereocenters. The van der Waals surface area contributed by atoms with Crippen LogP contribution in [0.4, 0.5) is 4.39 Å². The second-order valence-electron chi connectivity index (χ2n) is 2.56. The predicted octanol–water partition coefficient (Wildman–Crippen LogP) is -0.141. The average Bonchev–Trinajstić information content (AvgIpc) is 1.93. The first-order valence-electron chi connectivity index (χ1n) is 3.32. The third-order valence-electron chi connectivity index (χ3n) is 1.55. The maximum atomic E-state index is 12.6. The van der Waals surface area contributed by atoms with Gasteiger partial charge in [-0.05, 0) is 7.05 Å². The third kappa shape index (κ3) is 2.28. The summed E-state index contributed by atoms with van der Waals surface area (Å²) in [7, 11) is 1.94. The average molecular weight is 132 g/mol. The molecule has 1 rings (SSSR count). The molecule has 0 aliphatic carbocycles. The summed E-state index contributed by atoms with van der Waals surface area (Å²) in [5.41, 5.74) is 0. The Bertz CT molecular complexity index is 77.1. The molecule has 0 radical (unpaired) electrons. The molecule has 9 heavy (non-hydrogen) atoms. The van der Waals surface area contributed by atoms with E-state index in [0.29, 0.717) is 13.1 Å². The van der Waals surface area contributed by atoms with Gasteiger partial charge in [0.1, 0.15) is 6.17 Å². The lowest BCUT2D eigenvalue weighted by Gasteiger charge is -2.12. The fourth-order valence-corrected chi connectivity index (χ4v) is 1.02. The summed E-state index contributed by atoms with van der Waals surface area (Å²) < 4.78 is 12.6. The van der Waals surface area contributed by atoms with E-state index in [0.717, 1.165) is 13.1 Å². The summed E-state index contributed by atoms with van der Waals surface area (Å²) in [6.45, 7) is 2.97. The SMILES string of the molecule is CN1CCNCC(F)C1. The maximum absolute atomic E-state index is 12.6. The Morgan fingerprint density at radius 2 is 2.44 bits per heavy atom. The number of hydrogen-bond donors (Lipinski definition) is 1. The van der Waals surface area contributed by atoms with E-state index in [2.05, 4.69) is 5.32 Å². The van der Waals surface area contributed by atoms with Gasteiger partial charge in [-0.3, -0.25) is 0 Å². The van der Waals surface area contributed by atoms with Crippen molar-refractivity contribution < 1.29 is 4.39 Å². The fraction of sp³-hybridized carbons (Fsp3) is 1.00. The quantitative estimate of drug-likeness (QED) is 0.493. The molecular weight excluding hydrogens is 119 g/mol. The topological polar surface area (TPSA) is 15.3 Å². The Morgan fingerprint density at radius 1 is 1.67 bits per heavy atom. The molecule has 0 bridgehead atoms. The minimum Gasteiger partial charge on any atom is -0.313 e. The lowest BCUT2D eigenvalue weighted by atomic mass is 10.4. The van der Waals surface area contributed by atoms with Crippen molar-refractivity contribution in [1.29, 1.82) is 0 Å². The minimum absolute atomic E-state index is 0.518. The molecule has 0 aromatic carbocycles. The molecule has 0 aromatic rings. The van der Waals surface area contributed by atoms with Crippen molar-refractivity contribution in [2.45, 2.75) is 6.17 Å². The molecule has 1 fully saturated rings. The zero-order valence-electron chi connectivity index (χ0n) is 5.73. The number of hydrogen-bond acceptors (Lipinski definition) is 2. The predicted molar refractivity (Wildman–Crippen MR) is 35.3 cm³/mol. The Kier molecular flexibility index (Phi) is 2.42. The van der Waals surface area contributed by atoms with Crippen LogP contribution >= 0.6 is 0 Å². The number of rotatable bonds is 0. The van der Waals surface area contributed by atoms with Gasteiger partial charge in [0.05, 0.1) is 0 Å². The second-order valence-corrected chi connectivity index (χ2v) is 2.56. The van der Waals surface area contributed by atoms with E-state index in [9.17, 15) is 4.39 Å². The highest BCUT2D eigenvalue weighted by Gasteiger charge is 2.12. The minimum atomic E-state index is -0.683. The molecule has 0 saturated carbocycles. The van der Waals surface area contributed by atoms with Crippen LogP contribution < -0.4 is 5.32 Å². The lowest BCUT2D eigenvalue weighted by molar-refractivity contribution is 0.248. The van der Waals surface area contributed by atoms with Gasteiger partial charge >= 0.3 is 0 Å². The molecule has 1 atom stereocenters. The van der Waals surface area contributed by atoms with Gasteiger partial charge in [0.25, 0.3) is 0 Å². The number of nitrogens with zero attached hydrogens (tertiary/aromatic N) is 1. The molecule has 1 aliphatic heterocycles. The van der Waals surface area contributed by atoms with Gasteiger partial charge in [-0.25, -0.2) is 4.39 Å². The molecule has 1 N–H and O–H groups in total.